The maximum absolute atomic E-state index is 13.3. The summed E-state index contributed by atoms with van der Waals surface area (Å²) < 4.78 is 22.8. The SMILES string of the molecule is CCCCCCCCCCCCCCCCCCCCCC(=O)NC(COC1OC(CO)C(OC2OC(CO)C(O)C(O)C2O)C(O)C1O)C(O)CCCCCCCCCCCCCCCCCCCC. The standard InChI is InChI=1S/C57H111NO13/c1-3-5-7-9-11-13-15-17-19-21-23-25-27-29-31-33-35-37-39-41-49(62)58-45(46(61)40-38-36-34-32-30-28-26-24-22-20-18-16-14-12-10-8-6-4-2)44-68-56-54(67)52(65)55(48(43-60)70-56)71-57-53(66)51(64)50(63)47(42-59)69-57/h45-48,50-57,59-61,63-67H,3-44H2,1-2H3,(H,58,62). The summed E-state index contributed by atoms with van der Waals surface area (Å²) in [5.41, 5.74) is 0. The minimum atomic E-state index is -1.78. The Bertz CT molecular complexity index is 1200. The van der Waals surface area contributed by atoms with Gasteiger partial charge >= 0.3 is 0 Å². The lowest BCUT2D eigenvalue weighted by Gasteiger charge is -2.46. The van der Waals surface area contributed by atoms with Gasteiger partial charge in [0.05, 0.1) is 32.0 Å². The lowest BCUT2D eigenvalue weighted by atomic mass is 9.97. The van der Waals surface area contributed by atoms with Crippen molar-refractivity contribution >= 4 is 5.91 Å². The number of ether oxygens (including phenoxy) is 4. The van der Waals surface area contributed by atoms with Crippen LogP contribution in [0.4, 0.5) is 0 Å². The van der Waals surface area contributed by atoms with Crippen LogP contribution in [0.15, 0.2) is 0 Å². The van der Waals surface area contributed by atoms with Crippen molar-refractivity contribution in [3.8, 4) is 0 Å². The van der Waals surface area contributed by atoms with Crippen LogP contribution in [-0.2, 0) is 23.7 Å². The number of nitrogens with one attached hydrogen (secondary N) is 1. The predicted octanol–water partition coefficient (Wildman–Crippen LogP) is 9.73. The third kappa shape index (κ3) is 30.4. The first-order valence-electron chi connectivity index (χ1n) is 29.8. The van der Waals surface area contributed by atoms with Gasteiger partial charge in [0.2, 0.25) is 5.91 Å². The van der Waals surface area contributed by atoms with Gasteiger partial charge in [0.25, 0.3) is 0 Å². The monoisotopic (exact) mass is 1020 g/mol. The normalized spacial score (nSPS) is 25.7. The molecule has 422 valence electrons. The molecule has 1 amide bonds. The number of aliphatic hydroxyl groups is 8. The Balaban J connectivity index is 1.75. The van der Waals surface area contributed by atoms with Crippen molar-refractivity contribution in [3.63, 3.8) is 0 Å². The molecule has 0 aromatic carbocycles. The van der Waals surface area contributed by atoms with Crippen LogP contribution in [0, 0.1) is 0 Å². The first-order valence-corrected chi connectivity index (χ1v) is 29.8. The fourth-order valence-corrected chi connectivity index (χ4v) is 10.2. The molecule has 12 atom stereocenters. The number of rotatable bonds is 48. The summed E-state index contributed by atoms with van der Waals surface area (Å²) in [5, 5.41) is 87.2. The topological polar surface area (TPSA) is 228 Å². The molecule has 2 fully saturated rings. The Morgan fingerprint density at radius 1 is 0.451 bits per heavy atom. The van der Waals surface area contributed by atoms with Gasteiger partial charge < -0.3 is 65.1 Å². The van der Waals surface area contributed by atoms with Crippen LogP contribution in [-0.4, -0.2) is 140 Å². The number of carbonyl (C=O) groups excluding carboxylic acids is 1. The zero-order valence-corrected chi connectivity index (χ0v) is 45.2. The quantitative estimate of drug-likeness (QED) is 0.0259. The molecule has 2 aliphatic heterocycles. The van der Waals surface area contributed by atoms with Gasteiger partial charge in [-0.25, -0.2) is 0 Å². The molecule has 0 bridgehead atoms. The Morgan fingerprint density at radius 3 is 1.20 bits per heavy atom. The first kappa shape index (κ1) is 66.1. The maximum Gasteiger partial charge on any atom is 0.220 e. The smallest absolute Gasteiger partial charge is 0.220 e. The van der Waals surface area contributed by atoms with E-state index < -0.39 is 86.8 Å². The molecule has 71 heavy (non-hydrogen) atoms. The Labute approximate surface area is 432 Å². The summed E-state index contributed by atoms with van der Waals surface area (Å²) in [7, 11) is 0. The van der Waals surface area contributed by atoms with Crippen molar-refractivity contribution in [3.05, 3.63) is 0 Å². The molecule has 2 rings (SSSR count). The van der Waals surface area contributed by atoms with E-state index in [-0.39, 0.29) is 12.5 Å². The highest BCUT2D eigenvalue weighted by atomic mass is 16.7. The van der Waals surface area contributed by atoms with Crippen LogP contribution in [0.5, 0.6) is 0 Å². The molecule has 9 N–H and O–H groups in total. The van der Waals surface area contributed by atoms with Gasteiger partial charge in [-0.1, -0.05) is 245 Å². The lowest BCUT2D eigenvalue weighted by molar-refractivity contribution is -0.359. The highest BCUT2D eigenvalue weighted by Gasteiger charge is 2.51. The summed E-state index contributed by atoms with van der Waals surface area (Å²) in [6.45, 7) is 2.90. The van der Waals surface area contributed by atoms with E-state index in [9.17, 15) is 45.6 Å². The molecule has 2 aliphatic rings. The fraction of sp³-hybridized carbons (Fsp3) is 0.982. The summed E-state index contributed by atoms with van der Waals surface area (Å²) in [4.78, 5) is 13.3. The van der Waals surface area contributed by atoms with E-state index in [1.807, 2.05) is 0 Å². The van der Waals surface area contributed by atoms with Crippen LogP contribution in [0.3, 0.4) is 0 Å². The maximum atomic E-state index is 13.3. The highest BCUT2D eigenvalue weighted by molar-refractivity contribution is 5.76. The molecule has 12 unspecified atom stereocenters. The van der Waals surface area contributed by atoms with E-state index in [1.165, 1.54) is 186 Å². The van der Waals surface area contributed by atoms with Gasteiger partial charge in [-0.2, -0.15) is 0 Å². The van der Waals surface area contributed by atoms with Crippen LogP contribution in [0.2, 0.25) is 0 Å². The number of hydrogen-bond acceptors (Lipinski definition) is 13. The molecule has 0 aromatic heterocycles. The molecule has 0 radical (unpaired) electrons. The van der Waals surface area contributed by atoms with E-state index in [0.29, 0.717) is 12.8 Å². The van der Waals surface area contributed by atoms with Gasteiger partial charge in [-0.3, -0.25) is 4.79 Å². The molecular formula is C57H111NO13. The Hall–Kier alpha value is -1.01. The molecule has 0 spiro atoms. The Morgan fingerprint density at radius 2 is 0.803 bits per heavy atom. The highest BCUT2D eigenvalue weighted by Crippen LogP contribution is 2.30. The van der Waals surface area contributed by atoms with Crippen molar-refractivity contribution in [2.24, 2.45) is 0 Å². The van der Waals surface area contributed by atoms with E-state index in [2.05, 4.69) is 19.2 Å². The average Bonchev–Trinajstić information content (AvgIpc) is 3.37. The molecule has 0 saturated carbocycles. The third-order valence-corrected chi connectivity index (χ3v) is 15.1. The number of hydrogen-bond donors (Lipinski definition) is 9. The molecule has 14 heteroatoms. The van der Waals surface area contributed by atoms with E-state index in [4.69, 9.17) is 18.9 Å². The van der Waals surface area contributed by atoms with Gasteiger partial charge in [-0.05, 0) is 12.8 Å². The summed E-state index contributed by atoms with van der Waals surface area (Å²) >= 11 is 0. The summed E-state index contributed by atoms with van der Waals surface area (Å²) in [5.74, 6) is -0.200. The van der Waals surface area contributed by atoms with Crippen molar-refractivity contribution in [2.75, 3.05) is 19.8 Å². The number of carbonyl (C=O) groups is 1. The number of unbranched alkanes of at least 4 members (excludes halogenated alkanes) is 35. The predicted molar refractivity (Wildman–Crippen MR) is 282 cm³/mol. The second-order valence-corrected chi connectivity index (χ2v) is 21.5. The molecular weight excluding hydrogens is 907 g/mol. The summed E-state index contributed by atoms with van der Waals surface area (Å²) in [6.07, 6.45) is 30.9. The zero-order valence-electron chi connectivity index (χ0n) is 45.2. The zero-order chi connectivity index (χ0) is 51.7. The van der Waals surface area contributed by atoms with Gasteiger partial charge in [-0.15, -0.1) is 0 Å². The molecule has 2 heterocycles. The minimum Gasteiger partial charge on any atom is -0.394 e. The third-order valence-electron chi connectivity index (χ3n) is 15.1. The number of aliphatic hydroxyl groups excluding tert-OH is 8. The van der Waals surface area contributed by atoms with Crippen molar-refractivity contribution in [2.45, 2.75) is 338 Å². The van der Waals surface area contributed by atoms with E-state index in [1.54, 1.807) is 0 Å². The second kappa shape index (κ2) is 44.2. The average molecular weight is 1020 g/mol. The van der Waals surface area contributed by atoms with Gasteiger partial charge in [0.1, 0.15) is 48.8 Å². The lowest BCUT2D eigenvalue weighted by Crippen LogP contribution is -2.65. The number of amides is 1. The van der Waals surface area contributed by atoms with E-state index >= 15 is 0 Å². The van der Waals surface area contributed by atoms with Crippen molar-refractivity contribution in [1.82, 2.24) is 5.32 Å². The molecule has 0 aliphatic carbocycles. The first-order chi connectivity index (χ1) is 34.6. The van der Waals surface area contributed by atoms with Crippen molar-refractivity contribution in [1.29, 1.82) is 0 Å². The summed E-state index contributed by atoms with van der Waals surface area (Å²) in [6, 6.07) is -0.822. The van der Waals surface area contributed by atoms with Crippen LogP contribution < -0.4 is 5.32 Å². The van der Waals surface area contributed by atoms with Gasteiger partial charge in [0, 0.05) is 6.42 Å². The van der Waals surface area contributed by atoms with E-state index in [0.717, 1.165) is 51.4 Å². The van der Waals surface area contributed by atoms with Crippen LogP contribution >= 0.6 is 0 Å². The van der Waals surface area contributed by atoms with Crippen LogP contribution in [0.1, 0.15) is 264 Å². The van der Waals surface area contributed by atoms with Crippen LogP contribution in [0.25, 0.3) is 0 Å². The molecule has 0 aromatic rings. The largest absolute Gasteiger partial charge is 0.394 e. The van der Waals surface area contributed by atoms with Crippen molar-refractivity contribution < 1.29 is 64.6 Å². The minimum absolute atomic E-state index is 0.200. The molecule has 2 saturated heterocycles. The second-order valence-electron chi connectivity index (χ2n) is 21.5. The fourth-order valence-electron chi connectivity index (χ4n) is 10.2. The van der Waals surface area contributed by atoms with Gasteiger partial charge in [0.15, 0.2) is 12.6 Å². The Kier molecular flexibility index (Phi) is 41.1. The molecule has 14 nitrogen and oxygen atoms in total.